The van der Waals surface area contributed by atoms with Gasteiger partial charge in [-0.2, -0.15) is 0 Å². The van der Waals surface area contributed by atoms with E-state index in [1.165, 1.54) is 0 Å². The zero-order valence-corrected chi connectivity index (χ0v) is 13.3. The first-order valence-corrected chi connectivity index (χ1v) is 7.30. The number of hydrogen-bond donors (Lipinski definition) is 4. The predicted molar refractivity (Wildman–Crippen MR) is 93.0 cm³/mol. The van der Waals surface area contributed by atoms with Gasteiger partial charge in [-0.05, 0) is 48.9 Å². The summed E-state index contributed by atoms with van der Waals surface area (Å²) in [5, 5.41) is 8.67. The van der Waals surface area contributed by atoms with Crippen LogP contribution in [-0.2, 0) is 4.79 Å². The molecule has 2 aromatic carbocycles. The van der Waals surface area contributed by atoms with E-state index in [-0.39, 0.29) is 12.5 Å². The Morgan fingerprint density at radius 1 is 1.00 bits per heavy atom. The summed E-state index contributed by atoms with van der Waals surface area (Å²) in [5.74, 6) is -0.301. The number of nitrogens with two attached hydrogens (primary N) is 1. The molecule has 7 heteroatoms. The first kappa shape index (κ1) is 16.8. The standard InChI is InChI=1S/C16H17ClN4O2/c1-10-2-5-13(19-15(22)9-18)8-14(10)21-16(23)20-12-6-3-11(17)4-7-12/h2-8H,9,18H2,1H3,(H,19,22)(H2,20,21,23). The van der Waals surface area contributed by atoms with Crippen LogP contribution in [0.2, 0.25) is 5.02 Å². The van der Waals surface area contributed by atoms with Gasteiger partial charge in [-0.3, -0.25) is 4.79 Å². The average Bonchev–Trinajstić information content (AvgIpc) is 2.52. The molecule has 0 bridgehead atoms. The SMILES string of the molecule is Cc1ccc(NC(=O)CN)cc1NC(=O)Nc1ccc(Cl)cc1. The highest BCUT2D eigenvalue weighted by Gasteiger charge is 2.07. The van der Waals surface area contributed by atoms with Gasteiger partial charge in [-0.25, -0.2) is 4.79 Å². The molecule has 2 rings (SSSR count). The number of benzene rings is 2. The number of hydrogen-bond acceptors (Lipinski definition) is 3. The summed E-state index contributed by atoms with van der Waals surface area (Å²) in [6.07, 6.45) is 0. The first-order valence-electron chi connectivity index (χ1n) is 6.92. The largest absolute Gasteiger partial charge is 0.325 e. The van der Waals surface area contributed by atoms with Gasteiger partial charge in [0.25, 0.3) is 0 Å². The zero-order chi connectivity index (χ0) is 16.8. The normalized spacial score (nSPS) is 10.0. The molecule has 0 fully saturated rings. The number of rotatable bonds is 4. The van der Waals surface area contributed by atoms with Gasteiger partial charge < -0.3 is 21.7 Å². The number of amides is 3. The molecule has 0 saturated heterocycles. The highest BCUT2D eigenvalue weighted by molar-refractivity contribution is 6.30. The number of halogens is 1. The molecular formula is C16H17ClN4O2. The summed E-state index contributed by atoms with van der Waals surface area (Å²) in [5.41, 5.74) is 7.90. The zero-order valence-electron chi connectivity index (χ0n) is 12.5. The van der Waals surface area contributed by atoms with Gasteiger partial charge in [0.15, 0.2) is 0 Å². The fourth-order valence-electron chi connectivity index (χ4n) is 1.86. The molecule has 0 aliphatic rings. The maximum atomic E-state index is 12.0. The van der Waals surface area contributed by atoms with Crippen molar-refractivity contribution in [2.75, 3.05) is 22.5 Å². The van der Waals surface area contributed by atoms with Crippen LogP contribution in [0.15, 0.2) is 42.5 Å². The summed E-state index contributed by atoms with van der Waals surface area (Å²) in [7, 11) is 0. The second-order valence-electron chi connectivity index (χ2n) is 4.87. The van der Waals surface area contributed by atoms with E-state index in [1.807, 2.05) is 6.92 Å². The van der Waals surface area contributed by atoms with Crippen LogP contribution >= 0.6 is 11.6 Å². The fraction of sp³-hybridized carbons (Fsp3) is 0.125. The van der Waals surface area contributed by atoms with E-state index in [4.69, 9.17) is 17.3 Å². The van der Waals surface area contributed by atoms with Crippen molar-refractivity contribution in [1.29, 1.82) is 0 Å². The van der Waals surface area contributed by atoms with Crippen LogP contribution in [0.1, 0.15) is 5.56 Å². The molecule has 0 atom stereocenters. The van der Waals surface area contributed by atoms with Crippen molar-refractivity contribution in [1.82, 2.24) is 0 Å². The van der Waals surface area contributed by atoms with Gasteiger partial charge in [0, 0.05) is 22.1 Å². The Kier molecular flexibility index (Phi) is 5.56. The Morgan fingerprint density at radius 2 is 1.65 bits per heavy atom. The third-order valence-corrected chi connectivity index (χ3v) is 3.31. The van der Waals surface area contributed by atoms with Crippen molar-refractivity contribution in [3.63, 3.8) is 0 Å². The number of aryl methyl sites for hydroxylation is 1. The number of carbonyl (C=O) groups excluding carboxylic acids is 2. The second kappa shape index (κ2) is 7.62. The Hall–Kier alpha value is -2.57. The van der Waals surface area contributed by atoms with Crippen molar-refractivity contribution in [2.45, 2.75) is 6.92 Å². The van der Waals surface area contributed by atoms with Gasteiger partial charge in [0.1, 0.15) is 0 Å². The molecule has 23 heavy (non-hydrogen) atoms. The first-order chi connectivity index (χ1) is 11.0. The maximum Gasteiger partial charge on any atom is 0.323 e. The number of anilines is 3. The van der Waals surface area contributed by atoms with E-state index in [9.17, 15) is 9.59 Å². The van der Waals surface area contributed by atoms with E-state index < -0.39 is 6.03 Å². The molecule has 0 spiro atoms. The fourth-order valence-corrected chi connectivity index (χ4v) is 1.99. The summed E-state index contributed by atoms with van der Waals surface area (Å²) in [6.45, 7) is 1.75. The van der Waals surface area contributed by atoms with Crippen LogP contribution in [0.5, 0.6) is 0 Å². The lowest BCUT2D eigenvalue weighted by Gasteiger charge is -2.12. The molecule has 3 amide bonds. The van der Waals surface area contributed by atoms with Crippen molar-refractivity contribution in [3.8, 4) is 0 Å². The summed E-state index contributed by atoms with van der Waals surface area (Å²) >= 11 is 5.80. The minimum Gasteiger partial charge on any atom is -0.325 e. The van der Waals surface area contributed by atoms with Gasteiger partial charge in [-0.1, -0.05) is 17.7 Å². The van der Waals surface area contributed by atoms with Gasteiger partial charge in [-0.15, -0.1) is 0 Å². The maximum absolute atomic E-state index is 12.0. The topological polar surface area (TPSA) is 96.2 Å². The van der Waals surface area contributed by atoms with Crippen molar-refractivity contribution in [3.05, 3.63) is 53.1 Å². The summed E-state index contributed by atoms with van der Waals surface area (Å²) in [4.78, 5) is 23.4. The third kappa shape index (κ3) is 4.98. The smallest absolute Gasteiger partial charge is 0.323 e. The molecule has 0 heterocycles. The molecule has 0 aromatic heterocycles. The predicted octanol–water partition coefficient (Wildman–Crippen LogP) is 3.19. The van der Waals surface area contributed by atoms with Crippen molar-refractivity contribution >= 4 is 40.6 Å². The molecule has 5 N–H and O–H groups in total. The lowest BCUT2D eigenvalue weighted by molar-refractivity contribution is -0.114. The molecule has 0 saturated carbocycles. The lowest BCUT2D eigenvalue weighted by Crippen LogP contribution is -2.22. The highest BCUT2D eigenvalue weighted by atomic mass is 35.5. The molecule has 120 valence electrons. The molecule has 0 aliphatic carbocycles. The molecule has 0 radical (unpaired) electrons. The van der Waals surface area contributed by atoms with Crippen molar-refractivity contribution < 1.29 is 9.59 Å². The second-order valence-corrected chi connectivity index (χ2v) is 5.30. The lowest BCUT2D eigenvalue weighted by atomic mass is 10.2. The summed E-state index contributed by atoms with van der Waals surface area (Å²) in [6, 6.07) is 11.6. The number of urea groups is 1. The highest BCUT2D eigenvalue weighted by Crippen LogP contribution is 2.21. The monoisotopic (exact) mass is 332 g/mol. The molecule has 0 unspecified atom stereocenters. The van der Waals surface area contributed by atoms with Crippen LogP contribution in [0.25, 0.3) is 0 Å². The Bertz CT molecular complexity index is 717. The Morgan fingerprint density at radius 3 is 2.30 bits per heavy atom. The third-order valence-electron chi connectivity index (χ3n) is 3.06. The van der Waals surface area contributed by atoms with E-state index in [1.54, 1.807) is 42.5 Å². The van der Waals surface area contributed by atoms with E-state index in [0.29, 0.717) is 22.1 Å². The van der Waals surface area contributed by atoms with E-state index >= 15 is 0 Å². The van der Waals surface area contributed by atoms with Crippen LogP contribution < -0.4 is 21.7 Å². The quantitative estimate of drug-likeness (QED) is 0.692. The van der Waals surface area contributed by atoms with Crippen molar-refractivity contribution in [2.24, 2.45) is 5.73 Å². The van der Waals surface area contributed by atoms with Gasteiger partial charge in [0.2, 0.25) is 5.91 Å². The van der Waals surface area contributed by atoms with Gasteiger partial charge in [0.05, 0.1) is 6.54 Å². The summed E-state index contributed by atoms with van der Waals surface area (Å²) < 4.78 is 0. The Balaban J connectivity index is 2.06. The molecule has 0 aliphatic heterocycles. The van der Waals surface area contributed by atoms with Crippen LogP contribution in [0.3, 0.4) is 0 Å². The van der Waals surface area contributed by atoms with Crippen LogP contribution in [-0.4, -0.2) is 18.5 Å². The molecule has 2 aromatic rings. The minimum absolute atomic E-state index is 0.103. The number of nitrogens with one attached hydrogen (secondary N) is 3. The van der Waals surface area contributed by atoms with Crippen LogP contribution in [0, 0.1) is 6.92 Å². The Labute approximate surface area is 139 Å². The minimum atomic E-state index is -0.391. The average molecular weight is 333 g/mol. The molecular weight excluding hydrogens is 316 g/mol. The molecule has 6 nitrogen and oxygen atoms in total. The van der Waals surface area contributed by atoms with Gasteiger partial charge >= 0.3 is 6.03 Å². The number of carbonyl (C=O) groups is 2. The van der Waals surface area contributed by atoms with Crippen LogP contribution in [0.4, 0.5) is 21.9 Å². The van der Waals surface area contributed by atoms with E-state index in [2.05, 4.69) is 16.0 Å². The van der Waals surface area contributed by atoms with E-state index in [0.717, 1.165) is 5.56 Å².